The highest BCUT2D eigenvalue weighted by Crippen LogP contribution is 2.17. The van der Waals surface area contributed by atoms with Crippen molar-refractivity contribution in [3.63, 3.8) is 0 Å². The zero-order valence-electron chi connectivity index (χ0n) is 13.0. The SMILES string of the molecule is CNCc1cc(S(=O)(=O)NC2CCCN(C)C2)ccc1C. The third-order valence-electron chi connectivity index (χ3n) is 3.94. The van der Waals surface area contributed by atoms with Gasteiger partial charge in [-0.25, -0.2) is 13.1 Å². The molecule has 21 heavy (non-hydrogen) atoms. The molecule has 1 aromatic carbocycles. The van der Waals surface area contributed by atoms with Crippen molar-refractivity contribution in [2.24, 2.45) is 0 Å². The van der Waals surface area contributed by atoms with E-state index in [0.29, 0.717) is 11.4 Å². The summed E-state index contributed by atoms with van der Waals surface area (Å²) in [6.07, 6.45) is 1.93. The first-order valence-electron chi connectivity index (χ1n) is 7.37. The molecule has 1 fully saturated rings. The molecule has 5 nitrogen and oxygen atoms in total. The molecule has 0 amide bonds. The van der Waals surface area contributed by atoms with Crippen LogP contribution in [0.3, 0.4) is 0 Å². The average Bonchev–Trinajstić information content (AvgIpc) is 2.41. The highest BCUT2D eigenvalue weighted by atomic mass is 32.2. The number of piperidine rings is 1. The van der Waals surface area contributed by atoms with Crippen LogP contribution in [-0.4, -0.2) is 46.5 Å². The van der Waals surface area contributed by atoms with Crippen LogP contribution < -0.4 is 10.0 Å². The summed E-state index contributed by atoms with van der Waals surface area (Å²) in [6.45, 7) is 4.47. The lowest BCUT2D eigenvalue weighted by Crippen LogP contribution is -2.46. The Morgan fingerprint density at radius 3 is 2.81 bits per heavy atom. The number of nitrogens with one attached hydrogen (secondary N) is 2. The quantitative estimate of drug-likeness (QED) is 0.854. The predicted molar refractivity (Wildman–Crippen MR) is 84.8 cm³/mol. The fraction of sp³-hybridized carbons (Fsp3) is 0.600. The molecule has 0 aromatic heterocycles. The summed E-state index contributed by atoms with van der Waals surface area (Å²) in [4.78, 5) is 2.52. The van der Waals surface area contributed by atoms with Crippen LogP contribution in [-0.2, 0) is 16.6 Å². The Morgan fingerprint density at radius 1 is 1.38 bits per heavy atom. The van der Waals surface area contributed by atoms with Crippen LogP contribution in [0.4, 0.5) is 0 Å². The van der Waals surface area contributed by atoms with E-state index >= 15 is 0 Å². The first-order valence-corrected chi connectivity index (χ1v) is 8.85. The average molecular weight is 311 g/mol. The second kappa shape index (κ2) is 6.87. The number of hydrogen-bond donors (Lipinski definition) is 2. The lowest BCUT2D eigenvalue weighted by molar-refractivity contribution is 0.242. The number of sulfonamides is 1. The van der Waals surface area contributed by atoms with Gasteiger partial charge in [0, 0.05) is 19.1 Å². The van der Waals surface area contributed by atoms with Crippen LogP contribution in [0.1, 0.15) is 24.0 Å². The summed E-state index contributed by atoms with van der Waals surface area (Å²) in [5, 5.41) is 3.07. The number of nitrogens with zero attached hydrogens (tertiary/aromatic N) is 1. The maximum absolute atomic E-state index is 12.5. The van der Waals surface area contributed by atoms with E-state index in [-0.39, 0.29) is 6.04 Å². The molecule has 0 radical (unpaired) electrons. The standard InChI is InChI=1S/C15H25N3O2S/c1-12-6-7-15(9-13(12)10-16-2)21(19,20)17-14-5-4-8-18(3)11-14/h6-7,9,14,16-17H,4-5,8,10-11H2,1-3H3. The Kier molecular flexibility index (Phi) is 5.37. The smallest absolute Gasteiger partial charge is 0.240 e. The molecule has 1 aromatic rings. The molecule has 1 saturated heterocycles. The summed E-state index contributed by atoms with van der Waals surface area (Å²) in [7, 11) is 0.438. The number of likely N-dealkylation sites (tertiary alicyclic amines) is 1. The van der Waals surface area contributed by atoms with Gasteiger partial charge in [-0.3, -0.25) is 0 Å². The number of hydrogen-bond acceptors (Lipinski definition) is 4. The molecule has 0 bridgehead atoms. The molecule has 1 aliphatic heterocycles. The number of likely N-dealkylation sites (N-methyl/N-ethyl adjacent to an activating group) is 1. The Morgan fingerprint density at radius 2 is 2.14 bits per heavy atom. The Balaban J connectivity index is 2.17. The zero-order valence-corrected chi connectivity index (χ0v) is 13.8. The van der Waals surface area contributed by atoms with Crippen LogP contribution in [0, 0.1) is 6.92 Å². The van der Waals surface area contributed by atoms with Crippen molar-refractivity contribution in [1.29, 1.82) is 0 Å². The first kappa shape index (κ1) is 16.4. The van der Waals surface area contributed by atoms with Gasteiger partial charge < -0.3 is 10.2 Å². The molecule has 6 heteroatoms. The second-order valence-corrected chi connectivity index (χ2v) is 7.56. The lowest BCUT2D eigenvalue weighted by atomic mass is 10.1. The van der Waals surface area contributed by atoms with Gasteiger partial charge in [0.25, 0.3) is 0 Å². The van der Waals surface area contributed by atoms with Crippen molar-refractivity contribution in [2.45, 2.75) is 37.2 Å². The summed E-state index contributed by atoms with van der Waals surface area (Å²) in [5.74, 6) is 0. The minimum absolute atomic E-state index is 0.00260. The second-order valence-electron chi connectivity index (χ2n) is 5.84. The van der Waals surface area contributed by atoms with Gasteiger partial charge in [0.2, 0.25) is 10.0 Å². The monoisotopic (exact) mass is 311 g/mol. The Bertz CT molecular complexity index is 587. The maximum Gasteiger partial charge on any atom is 0.240 e. The van der Waals surface area contributed by atoms with Crippen molar-refractivity contribution in [3.05, 3.63) is 29.3 Å². The molecule has 0 aliphatic carbocycles. The molecule has 0 spiro atoms. The summed E-state index contributed by atoms with van der Waals surface area (Å²) in [5.41, 5.74) is 2.11. The fourth-order valence-corrected chi connectivity index (χ4v) is 4.06. The van der Waals surface area contributed by atoms with E-state index in [4.69, 9.17) is 0 Å². The van der Waals surface area contributed by atoms with Crippen molar-refractivity contribution in [3.8, 4) is 0 Å². The molecule has 118 valence electrons. The highest BCUT2D eigenvalue weighted by Gasteiger charge is 2.24. The summed E-state index contributed by atoms with van der Waals surface area (Å²) < 4.78 is 27.9. The number of rotatable bonds is 5. The van der Waals surface area contributed by atoms with Gasteiger partial charge in [-0.05, 0) is 63.7 Å². The number of benzene rings is 1. The molecular weight excluding hydrogens is 286 g/mol. The normalized spacial score (nSPS) is 20.6. The van der Waals surface area contributed by atoms with Gasteiger partial charge in [-0.1, -0.05) is 6.07 Å². The first-order chi connectivity index (χ1) is 9.92. The van der Waals surface area contributed by atoms with Crippen LogP contribution in [0.15, 0.2) is 23.1 Å². The molecule has 1 heterocycles. The third-order valence-corrected chi connectivity index (χ3v) is 5.46. The van der Waals surface area contributed by atoms with Crippen molar-refractivity contribution in [1.82, 2.24) is 14.9 Å². The van der Waals surface area contributed by atoms with Crippen molar-refractivity contribution < 1.29 is 8.42 Å². The fourth-order valence-electron chi connectivity index (χ4n) is 2.75. The van der Waals surface area contributed by atoms with E-state index in [1.54, 1.807) is 12.1 Å². The minimum Gasteiger partial charge on any atom is -0.316 e. The van der Waals surface area contributed by atoms with Crippen LogP contribution in [0.2, 0.25) is 0 Å². The Hall–Kier alpha value is -0.950. The zero-order chi connectivity index (χ0) is 15.5. The van der Waals surface area contributed by atoms with Crippen LogP contribution in [0.5, 0.6) is 0 Å². The van der Waals surface area contributed by atoms with E-state index in [1.807, 2.05) is 27.1 Å². The molecule has 0 saturated carbocycles. The van der Waals surface area contributed by atoms with Gasteiger partial charge >= 0.3 is 0 Å². The third kappa shape index (κ3) is 4.26. The van der Waals surface area contributed by atoms with Crippen molar-refractivity contribution >= 4 is 10.0 Å². The molecule has 1 aliphatic rings. The molecule has 2 rings (SSSR count). The maximum atomic E-state index is 12.5. The van der Waals surface area contributed by atoms with E-state index in [9.17, 15) is 8.42 Å². The van der Waals surface area contributed by atoms with E-state index < -0.39 is 10.0 Å². The summed E-state index contributed by atoms with van der Waals surface area (Å²) >= 11 is 0. The molecule has 2 N–H and O–H groups in total. The van der Waals surface area contributed by atoms with Gasteiger partial charge in [-0.2, -0.15) is 0 Å². The van der Waals surface area contributed by atoms with E-state index in [1.165, 1.54) is 0 Å². The highest BCUT2D eigenvalue weighted by molar-refractivity contribution is 7.89. The molecular formula is C15H25N3O2S. The minimum atomic E-state index is -3.45. The predicted octanol–water partition coefficient (Wildman–Crippen LogP) is 1.09. The topological polar surface area (TPSA) is 61.4 Å². The van der Waals surface area contributed by atoms with Crippen LogP contribution in [0.25, 0.3) is 0 Å². The summed E-state index contributed by atoms with van der Waals surface area (Å²) in [6, 6.07) is 5.32. The van der Waals surface area contributed by atoms with Gasteiger partial charge in [-0.15, -0.1) is 0 Å². The molecule has 1 unspecified atom stereocenters. The Labute approximate surface area is 127 Å². The van der Waals surface area contributed by atoms with Gasteiger partial charge in [0.1, 0.15) is 0 Å². The van der Waals surface area contributed by atoms with Gasteiger partial charge in [0.05, 0.1) is 4.90 Å². The molecule has 1 atom stereocenters. The van der Waals surface area contributed by atoms with Crippen LogP contribution >= 0.6 is 0 Å². The number of aryl methyl sites for hydroxylation is 1. The van der Waals surface area contributed by atoms with E-state index in [0.717, 1.165) is 37.1 Å². The van der Waals surface area contributed by atoms with Gasteiger partial charge in [0.15, 0.2) is 0 Å². The largest absolute Gasteiger partial charge is 0.316 e. The van der Waals surface area contributed by atoms with E-state index in [2.05, 4.69) is 14.9 Å². The van der Waals surface area contributed by atoms with Crippen molar-refractivity contribution in [2.75, 3.05) is 27.2 Å². The lowest BCUT2D eigenvalue weighted by Gasteiger charge is -2.30.